The van der Waals surface area contributed by atoms with Crippen LogP contribution in [0.3, 0.4) is 0 Å². The summed E-state index contributed by atoms with van der Waals surface area (Å²) in [4.78, 5) is 15.4. The van der Waals surface area contributed by atoms with Crippen molar-refractivity contribution < 1.29 is 17.9 Å². The van der Waals surface area contributed by atoms with Crippen molar-refractivity contribution in [2.24, 2.45) is 5.92 Å². The van der Waals surface area contributed by atoms with Gasteiger partial charge in [-0.05, 0) is 43.7 Å². The van der Waals surface area contributed by atoms with Crippen LogP contribution < -0.4 is 5.32 Å². The molecule has 0 bridgehead atoms. The van der Waals surface area contributed by atoms with Gasteiger partial charge >= 0.3 is 0 Å². The van der Waals surface area contributed by atoms with Crippen molar-refractivity contribution >= 4 is 27.5 Å². The van der Waals surface area contributed by atoms with E-state index in [1.54, 1.807) is 18.2 Å². The number of halogens is 1. The average Bonchev–Trinajstić information content (AvgIpc) is 2.81. The molecule has 1 N–H and O–H groups in total. The number of nitrogens with one attached hydrogen (secondary N) is 1. The van der Waals surface area contributed by atoms with Crippen molar-refractivity contribution in [3.63, 3.8) is 0 Å². The van der Waals surface area contributed by atoms with Gasteiger partial charge in [-0.1, -0.05) is 43.0 Å². The molecule has 1 saturated carbocycles. The lowest BCUT2D eigenvalue weighted by Gasteiger charge is -2.36. The van der Waals surface area contributed by atoms with Crippen molar-refractivity contribution in [3.8, 4) is 0 Å². The highest BCUT2D eigenvalue weighted by Gasteiger charge is 2.36. The molecule has 32 heavy (non-hydrogen) atoms. The SMILES string of the molecule is O=C(NC1CCN(CC2CCCCC2)CC1)[C@@H]1CN(S(=O)(=O)c2ccccc2Cl)CCO1. The molecule has 3 fully saturated rings. The van der Waals surface area contributed by atoms with Gasteiger partial charge in [-0.25, -0.2) is 8.42 Å². The van der Waals surface area contributed by atoms with Crippen LogP contribution in [0.1, 0.15) is 44.9 Å². The van der Waals surface area contributed by atoms with E-state index in [4.69, 9.17) is 16.3 Å². The summed E-state index contributed by atoms with van der Waals surface area (Å²) in [5, 5.41) is 3.28. The predicted octanol–water partition coefficient (Wildman–Crippen LogP) is 2.89. The fraction of sp³-hybridized carbons (Fsp3) is 0.696. The Hall–Kier alpha value is -1.19. The first-order valence-electron chi connectivity index (χ1n) is 11.8. The Balaban J connectivity index is 1.27. The topological polar surface area (TPSA) is 79.0 Å². The lowest BCUT2D eigenvalue weighted by atomic mass is 9.88. The van der Waals surface area contributed by atoms with Crippen molar-refractivity contribution in [1.29, 1.82) is 0 Å². The molecule has 1 aromatic carbocycles. The molecule has 1 aromatic rings. The number of amides is 1. The minimum atomic E-state index is -3.78. The number of morpholine rings is 1. The van der Waals surface area contributed by atoms with Gasteiger partial charge in [0, 0.05) is 38.8 Å². The molecule has 9 heteroatoms. The number of ether oxygens (including phenoxy) is 1. The van der Waals surface area contributed by atoms with Crippen LogP contribution >= 0.6 is 11.6 Å². The summed E-state index contributed by atoms with van der Waals surface area (Å²) in [7, 11) is -3.78. The molecular weight excluding hydrogens is 450 g/mol. The summed E-state index contributed by atoms with van der Waals surface area (Å²) in [5.74, 6) is 0.603. The van der Waals surface area contributed by atoms with Crippen LogP contribution in [-0.2, 0) is 19.6 Å². The zero-order valence-corrected chi connectivity index (χ0v) is 20.1. The number of nitrogens with zero attached hydrogens (tertiary/aromatic N) is 2. The number of sulfonamides is 1. The summed E-state index contributed by atoms with van der Waals surface area (Å²) in [5.41, 5.74) is 0. The Kier molecular flexibility index (Phi) is 8.10. The number of carbonyl (C=O) groups excluding carboxylic acids is 1. The van der Waals surface area contributed by atoms with Gasteiger partial charge in [0.05, 0.1) is 11.6 Å². The molecule has 0 aromatic heterocycles. The van der Waals surface area contributed by atoms with Gasteiger partial charge in [0.25, 0.3) is 5.91 Å². The number of hydrogen-bond acceptors (Lipinski definition) is 5. The quantitative estimate of drug-likeness (QED) is 0.673. The van der Waals surface area contributed by atoms with Crippen molar-refractivity contribution in [2.45, 2.75) is 62.0 Å². The lowest BCUT2D eigenvalue weighted by molar-refractivity contribution is -0.137. The molecular formula is C23H34ClN3O4S. The minimum absolute atomic E-state index is 0.0000845. The van der Waals surface area contributed by atoms with Crippen LogP contribution in [0.2, 0.25) is 5.02 Å². The van der Waals surface area contributed by atoms with Crippen LogP contribution in [0, 0.1) is 5.92 Å². The van der Waals surface area contributed by atoms with Gasteiger partial charge in [0.15, 0.2) is 0 Å². The summed E-state index contributed by atoms with van der Waals surface area (Å²) >= 11 is 6.11. The first-order chi connectivity index (χ1) is 15.4. The van der Waals surface area contributed by atoms with E-state index in [0.29, 0.717) is 0 Å². The molecule has 4 rings (SSSR count). The Morgan fingerprint density at radius 1 is 1.06 bits per heavy atom. The first kappa shape index (κ1) is 24.0. The second kappa shape index (κ2) is 10.8. The molecule has 0 unspecified atom stereocenters. The number of benzene rings is 1. The molecule has 178 valence electrons. The largest absolute Gasteiger partial charge is 0.366 e. The molecule has 1 atom stereocenters. The lowest BCUT2D eigenvalue weighted by Crippen LogP contribution is -2.54. The number of piperidine rings is 1. The van der Waals surface area contributed by atoms with Gasteiger partial charge < -0.3 is 15.0 Å². The minimum Gasteiger partial charge on any atom is -0.366 e. The fourth-order valence-corrected chi connectivity index (χ4v) is 7.00. The van der Waals surface area contributed by atoms with Crippen molar-refractivity contribution in [3.05, 3.63) is 29.3 Å². The zero-order chi connectivity index (χ0) is 22.6. The Morgan fingerprint density at radius 2 is 1.78 bits per heavy atom. The van der Waals surface area contributed by atoms with Crippen molar-refractivity contribution in [2.75, 3.05) is 39.3 Å². The highest BCUT2D eigenvalue weighted by atomic mass is 35.5. The Labute approximate surface area is 196 Å². The molecule has 1 amide bonds. The standard InChI is InChI=1S/C23H34ClN3O4S/c24-20-8-4-5-9-22(20)32(29,30)27-14-15-31-21(17-27)23(28)25-19-10-12-26(13-11-19)16-18-6-2-1-3-7-18/h4-5,8-9,18-19,21H,1-3,6-7,10-17H2,(H,25,28)/t21-/m0/s1. The maximum atomic E-state index is 13.0. The van der Waals surface area contributed by atoms with E-state index in [-0.39, 0.29) is 41.6 Å². The van der Waals surface area contributed by atoms with Crippen LogP contribution in [0.15, 0.2) is 29.2 Å². The summed E-state index contributed by atoms with van der Waals surface area (Å²) in [6.07, 6.45) is 7.85. The van der Waals surface area contributed by atoms with Crippen molar-refractivity contribution in [1.82, 2.24) is 14.5 Å². The molecule has 2 aliphatic heterocycles. The zero-order valence-electron chi connectivity index (χ0n) is 18.5. The van der Waals surface area contributed by atoms with Gasteiger partial charge in [0.1, 0.15) is 11.0 Å². The van der Waals surface area contributed by atoms with Gasteiger partial charge in [-0.3, -0.25) is 4.79 Å². The fourth-order valence-electron chi connectivity index (χ4n) is 5.08. The van der Waals surface area contributed by atoms with E-state index in [9.17, 15) is 13.2 Å². The molecule has 2 saturated heterocycles. The van der Waals surface area contributed by atoms with E-state index in [1.807, 2.05) is 0 Å². The normalized spacial score (nSPS) is 25.0. The number of likely N-dealkylation sites (tertiary alicyclic amines) is 1. The van der Waals surface area contributed by atoms with E-state index >= 15 is 0 Å². The predicted molar refractivity (Wildman–Crippen MR) is 124 cm³/mol. The highest BCUT2D eigenvalue weighted by molar-refractivity contribution is 7.89. The van der Waals surface area contributed by atoms with E-state index in [2.05, 4.69) is 10.2 Å². The number of carbonyl (C=O) groups is 1. The second-order valence-electron chi connectivity index (χ2n) is 9.24. The number of rotatable bonds is 6. The van der Waals surface area contributed by atoms with Crippen LogP contribution in [0.25, 0.3) is 0 Å². The molecule has 7 nitrogen and oxygen atoms in total. The Morgan fingerprint density at radius 3 is 2.50 bits per heavy atom. The summed E-state index contributed by atoms with van der Waals surface area (Å²) in [6.45, 7) is 3.57. The van der Waals surface area contributed by atoms with Gasteiger partial charge in [0.2, 0.25) is 10.0 Å². The second-order valence-corrected chi connectivity index (χ2v) is 11.6. The Bertz CT molecular complexity index is 883. The summed E-state index contributed by atoms with van der Waals surface area (Å²) < 4.78 is 33.0. The molecule has 1 aliphatic carbocycles. The third-order valence-electron chi connectivity index (χ3n) is 6.95. The maximum absolute atomic E-state index is 13.0. The van der Waals surface area contributed by atoms with Crippen LogP contribution in [0.4, 0.5) is 0 Å². The van der Waals surface area contributed by atoms with E-state index < -0.39 is 16.1 Å². The summed E-state index contributed by atoms with van der Waals surface area (Å²) in [6, 6.07) is 6.49. The average molecular weight is 484 g/mol. The molecule has 0 radical (unpaired) electrons. The number of hydrogen-bond donors (Lipinski definition) is 1. The third kappa shape index (κ3) is 5.83. The first-order valence-corrected chi connectivity index (χ1v) is 13.6. The van der Waals surface area contributed by atoms with Gasteiger partial charge in [-0.2, -0.15) is 4.31 Å². The molecule has 0 spiro atoms. The molecule has 3 aliphatic rings. The van der Waals surface area contributed by atoms with Crippen LogP contribution in [-0.4, -0.2) is 75.0 Å². The van der Waals surface area contributed by atoms with E-state index in [0.717, 1.165) is 31.8 Å². The monoisotopic (exact) mass is 483 g/mol. The molecule has 2 heterocycles. The van der Waals surface area contributed by atoms with Crippen LogP contribution in [0.5, 0.6) is 0 Å². The third-order valence-corrected chi connectivity index (χ3v) is 9.32. The van der Waals surface area contributed by atoms with E-state index in [1.165, 1.54) is 49.0 Å². The van der Waals surface area contributed by atoms with Gasteiger partial charge in [-0.15, -0.1) is 0 Å². The maximum Gasteiger partial charge on any atom is 0.250 e. The smallest absolute Gasteiger partial charge is 0.250 e. The highest BCUT2D eigenvalue weighted by Crippen LogP contribution is 2.27.